The highest BCUT2D eigenvalue weighted by Crippen LogP contribution is 2.12. The van der Waals surface area contributed by atoms with E-state index in [9.17, 15) is 4.79 Å². The van der Waals surface area contributed by atoms with Crippen molar-refractivity contribution in [2.45, 2.75) is 19.4 Å². The first-order valence-electron chi connectivity index (χ1n) is 6.17. The lowest BCUT2D eigenvalue weighted by Crippen LogP contribution is -2.11. The van der Waals surface area contributed by atoms with Crippen LogP contribution < -0.4 is 4.74 Å². The van der Waals surface area contributed by atoms with Gasteiger partial charge in [-0.2, -0.15) is 0 Å². The van der Waals surface area contributed by atoms with E-state index in [-0.39, 0.29) is 12.1 Å². The third-order valence-electron chi connectivity index (χ3n) is 2.70. The molecule has 0 saturated heterocycles. The van der Waals surface area contributed by atoms with Crippen molar-refractivity contribution in [2.24, 2.45) is 0 Å². The van der Waals surface area contributed by atoms with Crippen LogP contribution in [0.1, 0.15) is 18.9 Å². The fourth-order valence-corrected chi connectivity index (χ4v) is 1.37. The molecule has 104 valence electrons. The molecule has 1 atom stereocenters. The number of carbonyl (C=O) groups excluding carboxylic acids is 1. The monoisotopic (exact) mass is 264 g/mol. The van der Waals surface area contributed by atoms with Gasteiger partial charge in [0.05, 0.1) is 19.8 Å². The molecule has 0 aliphatic carbocycles. The SMILES string of the molecule is COc1ccc(/C=C/C(=O)OCC[C@H](C)OC)cc1. The van der Waals surface area contributed by atoms with Gasteiger partial charge in [-0.25, -0.2) is 4.79 Å². The quantitative estimate of drug-likeness (QED) is 0.561. The van der Waals surface area contributed by atoms with E-state index in [0.29, 0.717) is 13.0 Å². The average Bonchev–Trinajstić information content (AvgIpc) is 2.45. The standard InChI is InChI=1S/C15H20O4/c1-12(17-2)10-11-19-15(16)9-6-13-4-7-14(18-3)8-5-13/h4-9,12H,10-11H2,1-3H3/b9-6+/t12-/m0/s1. The van der Waals surface area contributed by atoms with Gasteiger partial charge < -0.3 is 14.2 Å². The molecule has 19 heavy (non-hydrogen) atoms. The fraction of sp³-hybridized carbons (Fsp3) is 0.400. The van der Waals surface area contributed by atoms with E-state index < -0.39 is 0 Å². The minimum absolute atomic E-state index is 0.0957. The lowest BCUT2D eigenvalue weighted by Gasteiger charge is -2.08. The Bertz CT molecular complexity index is 409. The summed E-state index contributed by atoms with van der Waals surface area (Å²) in [5, 5.41) is 0. The summed E-state index contributed by atoms with van der Waals surface area (Å²) in [6.07, 6.45) is 3.91. The minimum Gasteiger partial charge on any atom is -0.497 e. The van der Waals surface area contributed by atoms with E-state index in [0.717, 1.165) is 11.3 Å². The van der Waals surface area contributed by atoms with Crippen molar-refractivity contribution in [1.82, 2.24) is 0 Å². The smallest absolute Gasteiger partial charge is 0.330 e. The highest BCUT2D eigenvalue weighted by molar-refractivity contribution is 5.87. The Kier molecular flexibility index (Phi) is 6.68. The van der Waals surface area contributed by atoms with Crippen molar-refractivity contribution in [2.75, 3.05) is 20.8 Å². The van der Waals surface area contributed by atoms with Gasteiger partial charge in [0.15, 0.2) is 0 Å². The Morgan fingerprint density at radius 2 is 1.95 bits per heavy atom. The molecule has 0 bridgehead atoms. The van der Waals surface area contributed by atoms with E-state index in [1.165, 1.54) is 6.08 Å². The topological polar surface area (TPSA) is 44.8 Å². The zero-order valence-electron chi connectivity index (χ0n) is 11.6. The van der Waals surface area contributed by atoms with Crippen LogP contribution in [0.3, 0.4) is 0 Å². The predicted molar refractivity (Wildman–Crippen MR) is 74.1 cm³/mol. The van der Waals surface area contributed by atoms with Gasteiger partial charge in [0.25, 0.3) is 0 Å². The van der Waals surface area contributed by atoms with Crippen molar-refractivity contribution in [3.63, 3.8) is 0 Å². The lowest BCUT2D eigenvalue weighted by atomic mass is 10.2. The molecule has 0 spiro atoms. The van der Waals surface area contributed by atoms with Gasteiger partial charge in [-0.1, -0.05) is 12.1 Å². The Morgan fingerprint density at radius 1 is 1.26 bits per heavy atom. The van der Waals surface area contributed by atoms with Gasteiger partial charge in [-0.15, -0.1) is 0 Å². The molecule has 1 aromatic rings. The molecule has 4 heteroatoms. The van der Waals surface area contributed by atoms with Crippen LogP contribution in [-0.2, 0) is 14.3 Å². The van der Waals surface area contributed by atoms with Crippen LogP contribution >= 0.6 is 0 Å². The van der Waals surface area contributed by atoms with E-state index in [1.807, 2.05) is 31.2 Å². The first-order valence-corrected chi connectivity index (χ1v) is 6.17. The Morgan fingerprint density at radius 3 is 2.53 bits per heavy atom. The second-order valence-electron chi connectivity index (χ2n) is 4.11. The maximum Gasteiger partial charge on any atom is 0.330 e. The Hall–Kier alpha value is -1.81. The molecule has 0 fully saturated rings. The maximum atomic E-state index is 11.4. The Balaban J connectivity index is 2.36. The molecule has 0 radical (unpaired) electrons. The first kappa shape index (κ1) is 15.2. The molecule has 0 heterocycles. The summed E-state index contributed by atoms with van der Waals surface area (Å²) in [6.45, 7) is 2.29. The van der Waals surface area contributed by atoms with Crippen molar-refractivity contribution in [1.29, 1.82) is 0 Å². The fourth-order valence-electron chi connectivity index (χ4n) is 1.37. The number of esters is 1. The number of rotatable bonds is 7. The molecule has 0 aliphatic rings. The average molecular weight is 264 g/mol. The Labute approximate surface area is 114 Å². The van der Waals surface area contributed by atoms with Gasteiger partial charge in [-0.3, -0.25) is 0 Å². The molecule has 4 nitrogen and oxygen atoms in total. The predicted octanol–water partition coefficient (Wildman–Crippen LogP) is 2.68. The molecule has 0 aliphatic heterocycles. The van der Waals surface area contributed by atoms with E-state index >= 15 is 0 Å². The first-order chi connectivity index (χ1) is 9.15. The number of hydrogen-bond acceptors (Lipinski definition) is 4. The molecule has 0 unspecified atom stereocenters. The zero-order valence-corrected chi connectivity index (χ0v) is 11.6. The summed E-state index contributed by atoms with van der Waals surface area (Å²) in [5.74, 6) is 0.437. The second kappa shape index (κ2) is 8.32. The highest BCUT2D eigenvalue weighted by Gasteiger charge is 2.01. The number of hydrogen-bond donors (Lipinski definition) is 0. The van der Waals surface area contributed by atoms with E-state index in [1.54, 1.807) is 20.3 Å². The summed E-state index contributed by atoms with van der Waals surface area (Å²) >= 11 is 0. The number of ether oxygens (including phenoxy) is 3. The summed E-state index contributed by atoms with van der Waals surface area (Å²) < 4.78 is 15.2. The van der Waals surface area contributed by atoms with E-state index in [2.05, 4.69) is 0 Å². The molecule has 1 rings (SSSR count). The van der Waals surface area contributed by atoms with Gasteiger partial charge in [0, 0.05) is 19.6 Å². The second-order valence-corrected chi connectivity index (χ2v) is 4.11. The van der Waals surface area contributed by atoms with Crippen LogP contribution in [0.4, 0.5) is 0 Å². The summed E-state index contributed by atoms with van der Waals surface area (Å²) in [5.41, 5.74) is 0.919. The molecule has 0 N–H and O–H groups in total. The van der Waals surface area contributed by atoms with Crippen LogP contribution in [0.15, 0.2) is 30.3 Å². The third kappa shape index (κ3) is 6.06. The lowest BCUT2D eigenvalue weighted by molar-refractivity contribution is -0.138. The summed E-state index contributed by atoms with van der Waals surface area (Å²) in [7, 11) is 3.25. The van der Waals surface area contributed by atoms with Crippen molar-refractivity contribution in [3.8, 4) is 5.75 Å². The van der Waals surface area contributed by atoms with Crippen molar-refractivity contribution < 1.29 is 19.0 Å². The molecule has 0 aromatic heterocycles. The molecule has 1 aromatic carbocycles. The van der Waals surface area contributed by atoms with Gasteiger partial charge in [-0.05, 0) is 30.7 Å². The van der Waals surface area contributed by atoms with Crippen molar-refractivity contribution in [3.05, 3.63) is 35.9 Å². The number of methoxy groups -OCH3 is 2. The minimum atomic E-state index is -0.348. The number of benzene rings is 1. The van der Waals surface area contributed by atoms with Crippen molar-refractivity contribution >= 4 is 12.0 Å². The van der Waals surface area contributed by atoms with Crippen LogP contribution in [0.2, 0.25) is 0 Å². The highest BCUT2D eigenvalue weighted by atomic mass is 16.5. The van der Waals surface area contributed by atoms with Crippen LogP contribution in [0.5, 0.6) is 5.75 Å². The zero-order chi connectivity index (χ0) is 14.1. The van der Waals surface area contributed by atoms with Crippen LogP contribution in [0.25, 0.3) is 6.08 Å². The molecule has 0 saturated carbocycles. The molecule has 0 amide bonds. The molecular formula is C15H20O4. The normalized spacial score (nSPS) is 12.4. The van der Waals surface area contributed by atoms with E-state index in [4.69, 9.17) is 14.2 Å². The number of carbonyl (C=O) groups is 1. The maximum absolute atomic E-state index is 11.4. The summed E-state index contributed by atoms with van der Waals surface area (Å²) in [4.78, 5) is 11.4. The summed E-state index contributed by atoms with van der Waals surface area (Å²) in [6, 6.07) is 7.42. The van der Waals surface area contributed by atoms with Gasteiger partial charge >= 0.3 is 5.97 Å². The largest absolute Gasteiger partial charge is 0.497 e. The van der Waals surface area contributed by atoms with Gasteiger partial charge in [0.2, 0.25) is 0 Å². The van der Waals surface area contributed by atoms with Gasteiger partial charge in [0.1, 0.15) is 5.75 Å². The molecular weight excluding hydrogens is 244 g/mol. The third-order valence-corrected chi connectivity index (χ3v) is 2.70. The van der Waals surface area contributed by atoms with Crippen LogP contribution in [-0.4, -0.2) is 32.9 Å². The van der Waals surface area contributed by atoms with Crippen LogP contribution in [0, 0.1) is 0 Å².